The van der Waals surface area contributed by atoms with Gasteiger partial charge in [-0.2, -0.15) is 0 Å². The van der Waals surface area contributed by atoms with Crippen molar-refractivity contribution in [3.63, 3.8) is 0 Å². The molecular weight excluding hydrogens is 324 g/mol. The second-order valence-electron chi connectivity index (χ2n) is 6.10. The van der Waals surface area contributed by atoms with Crippen LogP contribution in [0.1, 0.15) is 35.3 Å². The van der Waals surface area contributed by atoms with Crippen molar-refractivity contribution in [1.82, 2.24) is 20.5 Å². The van der Waals surface area contributed by atoms with Gasteiger partial charge in [0.05, 0.1) is 23.8 Å². The average Bonchev–Trinajstić information content (AvgIpc) is 2.84. The number of rotatable bonds is 6. The summed E-state index contributed by atoms with van der Waals surface area (Å²) in [6, 6.07) is 0.372. The van der Waals surface area contributed by atoms with Gasteiger partial charge in [0.15, 0.2) is 5.96 Å². The van der Waals surface area contributed by atoms with E-state index in [0.29, 0.717) is 19.1 Å². The third kappa shape index (κ3) is 5.76. The van der Waals surface area contributed by atoms with E-state index in [9.17, 15) is 4.79 Å². The molecule has 0 atom stereocenters. The van der Waals surface area contributed by atoms with Gasteiger partial charge in [0, 0.05) is 30.6 Å². The normalized spacial score (nSPS) is 17.0. The fourth-order valence-electron chi connectivity index (χ4n) is 2.84. The van der Waals surface area contributed by atoms with E-state index in [1.54, 1.807) is 11.3 Å². The lowest BCUT2D eigenvalue weighted by molar-refractivity contribution is -0.119. The Kier molecular flexibility index (Phi) is 6.99. The highest BCUT2D eigenvalue weighted by Crippen LogP contribution is 2.18. The number of nitrogens with two attached hydrogens (primary N) is 1. The number of primary amides is 1. The average molecular weight is 353 g/mol. The third-order valence-electron chi connectivity index (χ3n) is 4.03. The summed E-state index contributed by atoms with van der Waals surface area (Å²) in [5, 5.41) is 7.89. The maximum atomic E-state index is 11.0. The summed E-state index contributed by atoms with van der Waals surface area (Å²) >= 11 is 1.70. The molecule has 1 aromatic rings. The summed E-state index contributed by atoms with van der Waals surface area (Å²) in [4.78, 5) is 23.5. The lowest BCUT2D eigenvalue weighted by Crippen LogP contribution is -2.49. The highest BCUT2D eigenvalue weighted by Gasteiger charge is 2.20. The Bertz CT molecular complexity index is 577. The Hall–Kier alpha value is -1.67. The Labute approximate surface area is 147 Å². The van der Waals surface area contributed by atoms with Gasteiger partial charge in [0.1, 0.15) is 0 Å². The first-order chi connectivity index (χ1) is 11.5. The van der Waals surface area contributed by atoms with Gasteiger partial charge in [-0.3, -0.25) is 9.69 Å². The monoisotopic (exact) mass is 352 g/mol. The van der Waals surface area contributed by atoms with Crippen molar-refractivity contribution in [2.45, 2.75) is 46.2 Å². The Balaban J connectivity index is 1.88. The maximum Gasteiger partial charge on any atom is 0.231 e. The number of hydrogen-bond acceptors (Lipinski definition) is 5. The van der Waals surface area contributed by atoms with E-state index in [0.717, 1.165) is 49.1 Å². The van der Waals surface area contributed by atoms with Crippen molar-refractivity contribution in [3.05, 3.63) is 15.6 Å². The second-order valence-corrected chi connectivity index (χ2v) is 7.39. The van der Waals surface area contributed by atoms with Gasteiger partial charge in [-0.1, -0.05) is 0 Å². The minimum Gasteiger partial charge on any atom is -0.369 e. The number of likely N-dealkylation sites (tertiary alicyclic amines) is 1. The van der Waals surface area contributed by atoms with Gasteiger partial charge in [0.2, 0.25) is 5.91 Å². The molecule has 7 nitrogen and oxygen atoms in total. The topological polar surface area (TPSA) is 95.6 Å². The van der Waals surface area contributed by atoms with Gasteiger partial charge in [-0.05, 0) is 33.6 Å². The van der Waals surface area contributed by atoms with Crippen LogP contribution in [0.25, 0.3) is 0 Å². The number of hydrogen-bond donors (Lipinski definition) is 3. The smallest absolute Gasteiger partial charge is 0.231 e. The number of nitrogens with one attached hydrogen (secondary N) is 2. The van der Waals surface area contributed by atoms with Gasteiger partial charge in [0.25, 0.3) is 0 Å². The summed E-state index contributed by atoms with van der Waals surface area (Å²) in [6.45, 7) is 9.71. The Morgan fingerprint density at radius 2 is 2.12 bits per heavy atom. The Morgan fingerprint density at radius 3 is 2.67 bits per heavy atom. The van der Waals surface area contributed by atoms with Gasteiger partial charge in [-0.15, -0.1) is 11.3 Å². The molecule has 2 heterocycles. The number of aryl methyl sites for hydroxylation is 2. The molecule has 0 saturated carbocycles. The largest absolute Gasteiger partial charge is 0.369 e. The van der Waals surface area contributed by atoms with E-state index >= 15 is 0 Å². The predicted molar refractivity (Wildman–Crippen MR) is 98.2 cm³/mol. The molecule has 24 heavy (non-hydrogen) atoms. The highest BCUT2D eigenvalue weighted by atomic mass is 32.1. The molecule has 0 unspecified atom stereocenters. The van der Waals surface area contributed by atoms with Crippen LogP contribution in [0.5, 0.6) is 0 Å². The van der Waals surface area contributed by atoms with E-state index in [2.05, 4.69) is 27.4 Å². The van der Waals surface area contributed by atoms with Crippen LogP contribution in [0, 0.1) is 13.8 Å². The third-order valence-corrected chi connectivity index (χ3v) is 5.09. The number of guanidine groups is 1. The molecule has 134 valence electrons. The van der Waals surface area contributed by atoms with Crippen molar-refractivity contribution < 1.29 is 4.79 Å². The number of aliphatic imine (C=N–C) groups is 1. The van der Waals surface area contributed by atoms with E-state index in [-0.39, 0.29) is 5.91 Å². The van der Waals surface area contributed by atoms with Crippen LogP contribution in [0.4, 0.5) is 0 Å². The summed E-state index contributed by atoms with van der Waals surface area (Å²) in [7, 11) is 0. The zero-order valence-corrected chi connectivity index (χ0v) is 15.6. The fraction of sp³-hybridized carbons (Fsp3) is 0.688. The van der Waals surface area contributed by atoms with Crippen LogP contribution >= 0.6 is 11.3 Å². The first kappa shape index (κ1) is 18.7. The molecule has 2 rings (SSSR count). The first-order valence-corrected chi connectivity index (χ1v) is 9.28. The summed E-state index contributed by atoms with van der Waals surface area (Å²) < 4.78 is 0. The van der Waals surface area contributed by atoms with E-state index < -0.39 is 0 Å². The zero-order chi connectivity index (χ0) is 17.5. The summed E-state index contributed by atoms with van der Waals surface area (Å²) in [6.07, 6.45) is 1.97. The van der Waals surface area contributed by atoms with Crippen LogP contribution in [0.3, 0.4) is 0 Å². The molecule has 1 amide bonds. The number of carbonyl (C=O) groups excluding carboxylic acids is 1. The van der Waals surface area contributed by atoms with Crippen molar-refractivity contribution in [1.29, 1.82) is 0 Å². The number of nitrogens with zero attached hydrogens (tertiary/aromatic N) is 3. The van der Waals surface area contributed by atoms with Crippen molar-refractivity contribution in [3.8, 4) is 0 Å². The molecule has 1 aliphatic heterocycles. The van der Waals surface area contributed by atoms with Gasteiger partial charge in [-0.25, -0.2) is 9.98 Å². The molecule has 0 aromatic carbocycles. The van der Waals surface area contributed by atoms with Crippen molar-refractivity contribution in [2.24, 2.45) is 10.7 Å². The number of amides is 1. The quantitative estimate of drug-likeness (QED) is 0.519. The molecular formula is C16H28N6OS. The molecule has 8 heteroatoms. The van der Waals surface area contributed by atoms with Crippen LogP contribution in [0.15, 0.2) is 4.99 Å². The van der Waals surface area contributed by atoms with Gasteiger partial charge >= 0.3 is 0 Å². The number of thiazole rings is 1. The molecule has 1 saturated heterocycles. The van der Waals surface area contributed by atoms with Crippen molar-refractivity contribution in [2.75, 3.05) is 26.2 Å². The number of aromatic nitrogens is 1. The minimum atomic E-state index is -0.258. The number of piperidine rings is 1. The first-order valence-electron chi connectivity index (χ1n) is 8.46. The SMILES string of the molecule is CCNC(=NCc1sc(C)nc1C)NC1CCN(CC(N)=O)CC1. The minimum absolute atomic E-state index is 0.258. The van der Waals surface area contributed by atoms with Crippen LogP contribution in [0.2, 0.25) is 0 Å². The van der Waals surface area contributed by atoms with E-state index in [4.69, 9.17) is 10.7 Å². The van der Waals surface area contributed by atoms with Crippen LogP contribution in [-0.2, 0) is 11.3 Å². The highest BCUT2D eigenvalue weighted by molar-refractivity contribution is 7.11. The van der Waals surface area contributed by atoms with Crippen molar-refractivity contribution >= 4 is 23.2 Å². The molecule has 0 radical (unpaired) electrons. The molecule has 0 aliphatic carbocycles. The van der Waals surface area contributed by atoms with E-state index in [1.807, 2.05) is 13.8 Å². The predicted octanol–water partition coefficient (Wildman–Crippen LogP) is 0.765. The molecule has 1 fully saturated rings. The lowest BCUT2D eigenvalue weighted by atomic mass is 10.1. The molecule has 1 aromatic heterocycles. The standard InChI is InChI=1S/C16H28N6OS/c1-4-18-16(19-9-14-11(2)20-12(3)24-14)21-13-5-7-22(8-6-13)10-15(17)23/h13H,4-10H2,1-3H3,(H2,17,23)(H2,18,19,21). The van der Waals surface area contributed by atoms with E-state index in [1.165, 1.54) is 4.88 Å². The summed E-state index contributed by atoms with van der Waals surface area (Å²) in [5.41, 5.74) is 6.32. The second kappa shape index (κ2) is 8.98. The fourth-order valence-corrected chi connectivity index (χ4v) is 3.70. The summed E-state index contributed by atoms with van der Waals surface area (Å²) in [5.74, 6) is 0.586. The van der Waals surface area contributed by atoms with Crippen LogP contribution in [-0.4, -0.2) is 54.0 Å². The Morgan fingerprint density at radius 1 is 1.42 bits per heavy atom. The molecule has 0 bridgehead atoms. The molecule has 4 N–H and O–H groups in total. The molecule has 1 aliphatic rings. The number of carbonyl (C=O) groups is 1. The maximum absolute atomic E-state index is 11.0. The van der Waals surface area contributed by atoms with Crippen LogP contribution < -0.4 is 16.4 Å². The zero-order valence-electron chi connectivity index (χ0n) is 14.8. The lowest BCUT2D eigenvalue weighted by Gasteiger charge is -2.32. The molecule has 0 spiro atoms. The van der Waals surface area contributed by atoms with Gasteiger partial charge < -0.3 is 16.4 Å².